The van der Waals surface area contributed by atoms with Crippen LogP contribution in [-0.2, 0) is 6.42 Å². The summed E-state index contributed by atoms with van der Waals surface area (Å²) in [6.45, 7) is 1.03. The van der Waals surface area contributed by atoms with Gasteiger partial charge in [-0.05, 0) is 47.9 Å². The first kappa shape index (κ1) is 20.8. The maximum Gasteiger partial charge on any atom is 0.257 e. The summed E-state index contributed by atoms with van der Waals surface area (Å²) in [5, 5.41) is 2.75. The molecule has 6 heteroatoms. The fourth-order valence-corrected chi connectivity index (χ4v) is 4.08. The number of hydrogen-bond acceptors (Lipinski definition) is 3. The zero-order valence-corrected chi connectivity index (χ0v) is 17.6. The van der Waals surface area contributed by atoms with Gasteiger partial charge in [-0.25, -0.2) is 8.78 Å². The van der Waals surface area contributed by atoms with Crippen LogP contribution in [0.4, 0.5) is 20.2 Å². The molecule has 0 spiro atoms. The van der Waals surface area contributed by atoms with Crippen LogP contribution in [0.2, 0.25) is 0 Å². The largest absolute Gasteiger partial charge is 0.378 e. The first-order valence-electron chi connectivity index (χ1n) is 10.3. The fraction of sp³-hybridized carbons (Fsp3) is 0.240. The number of carbonyl (C=O) groups excluding carboxylic acids is 1. The third-order valence-corrected chi connectivity index (χ3v) is 5.74. The Morgan fingerprint density at radius 1 is 1.00 bits per heavy atom. The van der Waals surface area contributed by atoms with Gasteiger partial charge in [0.1, 0.15) is 17.2 Å². The minimum atomic E-state index is -0.865. The summed E-state index contributed by atoms with van der Waals surface area (Å²) in [4.78, 5) is 16.9. The molecule has 31 heavy (non-hydrogen) atoms. The van der Waals surface area contributed by atoms with E-state index in [2.05, 4.69) is 22.3 Å². The highest BCUT2D eigenvalue weighted by Crippen LogP contribution is 2.35. The maximum absolute atomic E-state index is 14.1. The number of carbonyl (C=O) groups is 1. The molecule has 1 aliphatic rings. The van der Waals surface area contributed by atoms with Crippen molar-refractivity contribution in [3.8, 4) is 0 Å². The normalized spacial score (nSPS) is 13.6. The molecule has 1 atom stereocenters. The number of rotatable bonds is 6. The van der Waals surface area contributed by atoms with Crippen LogP contribution in [0.25, 0.3) is 0 Å². The Balaban J connectivity index is 1.62. The van der Waals surface area contributed by atoms with Gasteiger partial charge in [-0.2, -0.15) is 0 Å². The van der Waals surface area contributed by atoms with Crippen molar-refractivity contribution in [1.29, 1.82) is 0 Å². The highest BCUT2D eigenvalue weighted by atomic mass is 19.1. The number of benzene rings is 3. The van der Waals surface area contributed by atoms with E-state index < -0.39 is 23.1 Å². The molecule has 1 heterocycles. The smallest absolute Gasteiger partial charge is 0.257 e. The lowest BCUT2D eigenvalue weighted by atomic mass is 10.0. The molecule has 3 aromatic carbocycles. The summed E-state index contributed by atoms with van der Waals surface area (Å²) >= 11 is 0. The van der Waals surface area contributed by atoms with Gasteiger partial charge in [0, 0.05) is 38.6 Å². The molecule has 0 saturated carbocycles. The molecule has 1 amide bonds. The lowest BCUT2D eigenvalue weighted by Gasteiger charge is -2.31. The summed E-state index contributed by atoms with van der Waals surface area (Å²) < 4.78 is 28.1. The summed E-state index contributed by atoms with van der Waals surface area (Å²) in [5.41, 5.74) is 3.92. The Morgan fingerprint density at radius 2 is 1.68 bits per heavy atom. The minimum Gasteiger partial charge on any atom is -0.378 e. The van der Waals surface area contributed by atoms with E-state index in [0.29, 0.717) is 0 Å². The molecule has 1 unspecified atom stereocenters. The topological polar surface area (TPSA) is 35.6 Å². The first-order valence-corrected chi connectivity index (χ1v) is 10.3. The van der Waals surface area contributed by atoms with Crippen molar-refractivity contribution in [2.75, 3.05) is 37.0 Å². The number of anilines is 2. The lowest BCUT2D eigenvalue weighted by Crippen LogP contribution is -2.38. The molecule has 3 aromatic rings. The number of nitrogens with one attached hydrogen (secondary N) is 1. The van der Waals surface area contributed by atoms with E-state index >= 15 is 0 Å². The average molecular weight is 421 g/mol. The standard InChI is InChI=1S/C25H25F2N3O/c1-29(2)19-12-10-18(11-13-19)23(30-15-14-17-6-3-4-9-22(17)30)16-28-25(31)24-20(26)7-5-8-21(24)27/h3-13,23H,14-16H2,1-2H3,(H,28,31). The quantitative estimate of drug-likeness (QED) is 0.634. The summed E-state index contributed by atoms with van der Waals surface area (Å²) in [6.07, 6.45) is 0.915. The van der Waals surface area contributed by atoms with Gasteiger partial charge in [-0.1, -0.05) is 36.4 Å². The van der Waals surface area contributed by atoms with Gasteiger partial charge in [0.05, 0.1) is 6.04 Å². The van der Waals surface area contributed by atoms with Crippen molar-refractivity contribution in [2.45, 2.75) is 12.5 Å². The molecular weight excluding hydrogens is 396 g/mol. The number of nitrogens with zero attached hydrogens (tertiary/aromatic N) is 2. The zero-order chi connectivity index (χ0) is 22.0. The summed E-state index contributed by atoms with van der Waals surface area (Å²) in [5.74, 6) is -2.48. The molecule has 0 aromatic heterocycles. The second-order valence-corrected chi connectivity index (χ2v) is 7.88. The van der Waals surface area contributed by atoms with E-state index in [0.717, 1.165) is 42.0 Å². The van der Waals surface area contributed by atoms with Gasteiger partial charge in [-0.15, -0.1) is 0 Å². The van der Waals surface area contributed by atoms with Crippen molar-refractivity contribution in [3.63, 3.8) is 0 Å². The second-order valence-electron chi connectivity index (χ2n) is 7.88. The second kappa shape index (κ2) is 8.76. The van der Waals surface area contributed by atoms with Gasteiger partial charge in [0.2, 0.25) is 0 Å². The van der Waals surface area contributed by atoms with E-state index in [9.17, 15) is 13.6 Å². The average Bonchev–Trinajstić information content (AvgIpc) is 3.18. The Morgan fingerprint density at radius 3 is 2.35 bits per heavy atom. The van der Waals surface area contributed by atoms with Crippen molar-refractivity contribution < 1.29 is 13.6 Å². The molecule has 0 bridgehead atoms. The molecular formula is C25H25F2N3O. The van der Waals surface area contributed by atoms with Crippen molar-refractivity contribution >= 4 is 17.3 Å². The van der Waals surface area contributed by atoms with Gasteiger partial charge in [-0.3, -0.25) is 4.79 Å². The molecule has 1 N–H and O–H groups in total. The highest BCUT2D eigenvalue weighted by molar-refractivity contribution is 5.94. The SMILES string of the molecule is CN(C)c1ccc(C(CNC(=O)c2c(F)cccc2F)N2CCc3ccccc32)cc1. The molecule has 0 saturated heterocycles. The van der Waals surface area contributed by atoms with Crippen molar-refractivity contribution in [3.05, 3.63) is 95.1 Å². The summed E-state index contributed by atoms with van der Waals surface area (Å²) in [7, 11) is 3.96. The van der Waals surface area contributed by atoms with E-state index in [1.54, 1.807) is 0 Å². The van der Waals surface area contributed by atoms with Crippen LogP contribution in [0.5, 0.6) is 0 Å². The van der Waals surface area contributed by atoms with E-state index in [-0.39, 0.29) is 12.6 Å². The van der Waals surface area contributed by atoms with Crippen molar-refractivity contribution in [1.82, 2.24) is 5.32 Å². The van der Waals surface area contributed by atoms with Gasteiger partial charge >= 0.3 is 0 Å². The van der Waals surface area contributed by atoms with Crippen molar-refractivity contribution in [2.24, 2.45) is 0 Å². The zero-order valence-electron chi connectivity index (χ0n) is 17.6. The number of amides is 1. The number of hydrogen-bond donors (Lipinski definition) is 1. The van der Waals surface area contributed by atoms with Crippen LogP contribution in [0.3, 0.4) is 0 Å². The number of fused-ring (bicyclic) bond motifs is 1. The monoisotopic (exact) mass is 421 g/mol. The Bertz CT molecular complexity index is 1060. The third-order valence-electron chi connectivity index (χ3n) is 5.74. The Labute approximate surface area is 181 Å². The van der Waals surface area contributed by atoms with Gasteiger partial charge < -0.3 is 15.1 Å². The van der Waals surface area contributed by atoms with Crippen LogP contribution in [-0.4, -0.2) is 33.1 Å². The van der Waals surface area contributed by atoms with Crippen LogP contribution in [0.15, 0.2) is 66.7 Å². The van der Waals surface area contributed by atoms with Crippen LogP contribution >= 0.6 is 0 Å². The molecule has 4 rings (SSSR count). The molecule has 0 radical (unpaired) electrons. The number of para-hydroxylation sites is 1. The predicted molar refractivity (Wildman–Crippen MR) is 120 cm³/mol. The van der Waals surface area contributed by atoms with E-state index in [1.165, 1.54) is 11.6 Å². The third kappa shape index (κ3) is 4.24. The van der Waals surface area contributed by atoms with Crippen LogP contribution in [0, 0.1) is 11.6 Å². The van der Waals surface area contributed by atoms with Gasteiger partial charge in [0.25, 0.3) is 5.91 Å². The highest BCUT2D eigenvalue weighted by Gasteiger charge is 2.28. The van der Waals surface area contributed by atoms with E-state index in [1.807, 2.05) is 55.4 Å². The molecule has 1 aliphatic heterocycles. The maximum atomic E-state index is 14.1. The molecule has 4 nitrogen and oxygen atoms in total. The Kier molecular flexibility index (Phi) is 5.89. The summed E-state index contributed by atoms with van der Waals surface area (Å²) in [6, 6.07) is 19.6. The predicted octanol–water partition coefficient (Wildman–Crippen LogP) is 4.56. The first-order chi connectivity index (χ1) is 15.0. The van der Waals surface area contributed by atoms with Gasteiger partial charge in [0.15, 0.2) is 0 Å². The molecule has 0 aliphatic carbocycles. The molecule has 0 fully saturated rings. The Hall–Kier alpha value is -3.41. The minimum absolute atomic E-state index is 0.168. The number of halogens is 2. The molecule has 160 valence electrons. The fourth-order valence-electron chi connectivity index (χ4n) is 4.08. The van der Waals surface area contributed by atoms with Crippen LogP contribution < -0.4 is 15.1 Å². The lowest BCUT2D eigenvalue weighted by molar-refractivity contribution is 0.0942. The van der Waals surface area contributed by atoms with E-state index in [4.69, 9.17) is 0 Å². The van der Waals surface area contributed by atoms with Crippen LogP contribution in [0.1, 0.15) is 27.5 Å².